The summed E-state index contributed by atoms with van der Waals surface area (Å²) in [6.45, 7) is 6.21. The maximum atomic E-state index is 12.1. The van der Waals surface area contributed by atoms with Crippen LogP contribution in [-0.4, -0.2) is 27.3 Å². The summed E-state index contributed by atoms with van der Waals surface area (Å²) in [6.07, 6.45) is 4.71. The molecule has 24 heavy (non-hydrogen) atoms. The van der Waals surface area contributed by atoms with Gasteiger partial charge in [-0.3, -0.25) is 9.48 Å². The third-order valence-corrected chi connectivity index (χ3v) is 3.99. The Kier molecular flexibility index (Phi) is 5.78. The monoisotopic (exact) mass is 329 g/mol. The van der Waals surface area contributed by atoms with Crippen LogP contribution in [0.4, 0.5) is 0 Å². The third-order valence-electron chi connectivity index (χ3n) is 3.99. The molecule has 130 valence electrons. The number of aromatic nitrogens is 2. The standard InChI is InChI=1S/C19H27N3O2/c1-14(2)9-15-5-7-16(8-6-15)10-18(23)20-13-19(3,24)17-11-21-22(4)12-17/h5-8,11-12,14,24H,9-10,13H2,1-4H3,(H,20,23). The molecule has 2 aromatic rings. The molecule has 0 saturated heterocycles. The molecule has 0 fully saturated rings. The Bertz CT molecular complexity index is 672. The second-order valence-corrected chi connectivity index (χ2v) is 7.04. The number of nitrogens with one attached hydrogen (secondary N) is 1. The van der Waals surface area contributed by atoms with Gasteiger partial charge in [0.15, 0.2) is 0 Å². The van der Waals surface area contributed by atoms with Crippen LogP contribution in [0.1, 0.15) is 37.5 Å². The third kappa shape index (κ3) is 5.20. The van der Waals surface area contributed by atoms with Crippen LogP contribution in [0.25, 0.3) is 0 Å². The van der Waals surface area contributed by atoms with Crippen LogP contribution in [0.15, 0.2) is 36.7 Å². The first-order valence-electron chi connectivity index (χ1n) is 8.32. The first-order chi connectivity index (χ1) is 11.3. The van der Waals surface area contributed by atoms with Gasteiger partial charge < -0.3 is 10.4 Å². The average Bonchev–Trinajstić information content (AvgIpc) is 2.94. The van der Waals surface area contributed by atoms with Crippen molar-refractivity contribution in [3.8, 4) is 0 Å². The molecule has 0 spiro atoms. The molecular formula is C19H27N3O2. The molecule has 2 rings (SSSR count). The van der Waals surface area contributed by atoms with Gasteiger partial charge in [-0.25, -0.2) is 0 Å². The van der Waals surface area contributed by atoms with E-state index in [9.17, 15) is 9.90 Å². The predicted octanol–water partition coefficient (Wildman–Crippen LogP) is 2.18. The van der Waals surface area contributed by atoms with Crippen molar-refractivity contribution < 1.29 is 9.90 Å². The van der Waals surface area contributed by atoms with E-state index in [0.717, 1.165) is 12.0 Å². The number of carbonyl (C=O) groups excluding carboxylic acids is 1. The van der Waals surface area contributed by atoms with Gasteiger partial charge in [0.25, 0.3) is 0 Å². The number of nitrogens with zero attached hydrogens (tertiary/aromatic N) is 2. The minimum absolute atomic E-state index is 0.101. The molecule has 1 atom stereocenters. The van der Waals surface area contributed by atoms with E-state index in [4.69, 9.17) is 0 Å². The van der Waals surface area contributed by atoms with Gasteiger partial charge in [0.2, 0.25) is 5.91 Å². The van der Waals surface area contributed by atoms with E-state index < -0.39 is 5.60 Å². The lowest BCUT2D eigenvalue weighted by atomic mass is 9.99. The normalized spacial score (nSPS) is 13.8. The highest BCUT2D eigenvalue weighted by Gasteiger charge is 2.25. The van der Waals surface area contributed by atoms with Crippen molar-refractivity contribution in [2.75, 3.05) is 6.54 Å². The molecule has 0 aliphatic carbocycles. The van der Waals surface area contributed by atoms with E-state index >= 15 is 0 Å². The van der Waals surface area contributed by atoms with Gasteiger partial charge >= 0.3 is 0 Å². The highest BCUT2D eigenvalue weighted by Crippen LogP contribution is 2.18. The number of aliphatic hydroxyl groups is 1. The topological polar surface area (TPSA) is 67.2 Å². The number of hydrogen-bond acceptors (Lipinski definition) is 3. The minimum Gasteiger partial charge on any atom is -0.383 e. The minimum atomic E-state index is -1.13. The van der Waals surface area contributed by atoms with Gasteiger partial charge in [-0.1, -0.05) is 38.1 Å². The molecule has 5 heteroatoms. The lowest BCUT2D eigenvalue weighted by molar-refractivity contribution is -0.121. The van der Waals surface area contributed by atoms with Gasteiger partial charge in [0.05, 0.1) is 19.2 Å². The van der Waals surface area contributed by atoms with Crippen molar-refractivity contribution >= 4 is 5.91 Å². The molecule has 5 nitrogen and oxygen atoms in total. The Morgan fingerprint density at radius 2 is 1.92 bits per heavy atom. The SMILES string of the molecule is CC(C)Cc1ccc(CC(=O)NCC(C)(O)c2cnn(C)c2)cc1. The van der Waals surface area contributed by atoms with Gasteiger partial charge in [-0.15, -0.1) is 0 Å². The van der Waals surface area contributed by atoms with E-state index in [1.165, 1.54) is 5.56 Å². The zero-order valence-electron chi connectivity index (χ0n) is 14.9. The molecule has 0 radical (unpaired) electrons. The number of benzene rings is 1. The van der Waals surface area contributed by atoms with E-state index in [0.29, 0.717) is 17.9 Å². The van der Waals surface area contributed by atoms with E-state index in [1.807, 2.05) is 12.1 Å². The van der Waals surface area contributed by atoms with Crippen LogP contribution >= 0.6 is 0 Å². The fourth-order valence-electron chi connectivity index (χ4n) is 2.58. The van der Waals surface area contributed by atoms with Crippen LogP contribution in [0.3, 0.4) is 0 Å². The quantitative estimate of drug-likeness (QED) is 0.818. The Morgan fingerprint density at radius 1 is 1.29 bits per heavy atom. The number of hydrogen-bond donors (Lipinski definition) is 2. The zero-order chi connectivity index (χ0) is 17.7. The molecule has 1 aromatic carbocycles. The molecule has 0 aliphatic heterocycles. The summed E-state index contributed by atoms with van der Waals surface area (Å²) >= 11 is 0. The van der Waals surface area contributed by atoms with Crippen molar-refractivity contribution in [2.45, 2.75) is 39.2 Å². The van der Waals surface area contributed by atoms with Gasteiger partial charge in [0, 0.05) is 18.8 Å². The first-order valence-corrected chi connectivity index (χ1v) is 8.32. The summed E-state index contributed by atoms with van der Waals surface area (Å²) in [5, 5.41) is 17.3. The van der Waals surface area contributed by atoms with E-state index in [1.54, 1.807) is 31.0 Å². The fourth-order valence-corrected chi connectivity index (χ4v) is 2.58. The van der Waals surface area contributed by atoms with Crippen LogP contribution in [0.5, 0.6) is 0 Å². The van der Waals surface area contributed by atoms with Crippen LogP contribution in [0.2, 0.25) is 0 Å². The molecule has 1 aromatic heterocycles. The van der Waals surface area contributed by atoms with Crippen molar-refractivity contribution in [1.29, 1.82) is 0 Å². The van der Waals surface area contributed by atoms with Crippen molar-refractivity contribution in [2.24, 2.45) is 13.0 Å². The van der Waals surface area contributed by atoms with E-state index in [2.05, 4.69) is 36.4 Å². The average molecular weight is 329 g/mol. The predicted molar refractivity (Wildman–Crippen MR) is 94.5 cm³/mol. The largest absolute Gasteiger partial charge is 0.383 e. The highest BCUT2D eigenvalue weighted by atomic mass is 16.3. The second kappa shape index (κ2) is 7.62. The first kappa shape index (κ1) is 18.2. The molecular weight excluding hydrogens is 302 g/mol. The van der Waals surface area contributed by atoms with Crippen LogP contribution < -0.4 is 5.32 Å². The maximum absolute atomic E-state index is 12.1. The molecule has 0 saturated carbocycles. The summed E-state index contributed by atoms with van der Waals surface area (Å²) in [5.41, 5.74) is 1.81. The Balaban J connectivity index is 1.86. The molecule has 1 amide bonds. The highest BCUT2D eigenvalue weighted by molar-refractivity contribution is 5.78. The molecule has 0 aliphatic rings. The Hall–Kier alpha value is -2.14. The van der Waals surface area contributed by atoms with Crippen molar-refractivity contribution in [3.63, 3.8) is 0 Å². The number of carbonyl (C=O) groups is 1. The van der Waals surface area contributed by atoms with E-state index in [-0.39, 0.29) is 12.5 Å². The smallest absolute Gasteiger partial charge is 0.224 e. The number of amides is 1. The summed E-state index contributed by atoms with van der Waals surface area (Å²) < 4.78 is 1.63. The van der Waals surface area contributed by atoms with Crippen LogP contribution in [0, 0.1) is 5.92 Å². The maximum Gasteiger partial charge on any atom is 0.224 e. The summed E-state index contributed by atoms with van der Waals surface area (Å²) in [7, 11) is 1.79. The van der Waals surface area contributed by atoms with Gasteiger partial charge in [-0.2, -0.15) is 5.10 Å². The van der Waals surface area contributed by atoms with Crippen LogP contribution in [-0.2, 0) is 30.3 Å². The van der Waals surface area contributed by atoms with Gasteiger partial charge in [-0.05, 0) is 30.4 Å². The summed E-state index contributed by atoms with van der Waals surface area (Å²) in [6, 6.07) is 8.15. The fraction of sp³-hybridized carbons (Fsp3) is 0.474. The zero-order valence-corrected chi connectivity index (χ0v) is 14.9. The Morgan fingerprint density at radius 3 is 2.46 bits per heavy atom. The molecule has 1 heterocycles. The van der Waals surface area contributed by atoms with Crippen molar-refractivity contribution in [3.05, 3.63) is 53.3 Å². The van der Waals surface area contributed by atoms with Gasteiger partial charge in [0.1, 0.15) is 5.60 Å². The lowest BCUT2D eigenvalue weighted by Crippen LogP contribution is -2.39. The lowest BCUT2D eigenvalue weighted by Gasteiger charge is -2.22. The molecule has 2 N–H and O–H groups in total. The second-order valence-electron chi connectivity index (χ2n) is 7.04. The Labute approximate surface area is 143 Å². The molecule has 1 unspecified atom stereocenters. The number of aryl methyl sites for hydroxylation is 1. The summed E-state index contributed by atoms with van der Waals surface area (Å²) in [5.74, 6) is 0.518. The molecule has 0 bridgehead atoms. The number of rotatable bonds is 7. The van der Waals surface area contributed by atoms with Crippen molar-refractivity contribution in [1.82, 2.24) is 15.1 Å². The summed E-state index contributed by atoms with van der Waals surface area (Å²) in [4.78, 5) is 12.1.